The maximum Gasteiger partial charge on any atom is 0.471 e. The van der Waals surface area contributed by atoms with E-state index in [4.69, 9.17) is 4.42 Å². The van der Waals surface area contributed by atoms with E-state index in [0.29, 0.717) is 23.1 Å². The zero-order chi connectivity index (χ0) is 13.6. The molecule has 0 atom stereocenters. The van der Waals surface area contributed by atoms with Crippen molar-refractivity contribution in [2.45, 2.75) is 19.1 Å². The van der Waals surface area contributed by atoms with Crippen molar-refractivity contribution in [3.8, 4) is 0 Å². The van der Waals surface area contributed by atoms with Gasteiger partial charge in [0.05, 0.1) is 0 Å². The van der Waals surface area contributed by atoms with Crippen molar-refractivity contribution in [1.82, 2.24) is 9.88 Å². The van der Waals surface area contributed by atoms with Crippen LogP contribution in [-0.4, -0.2) is 28.5 Å². The molecule has 3 rings (SSSR count). The Morgan fingerprint density at radius 3 is 2.84 bits per heavy atom. The summed E-state index contributed by atoms with van der Waals surface area (Å²) in [5.41, 5.74) is 2.77. The van der Waals surface area contributed by atoms with Crippen LogP contribution in [-0.2, 0) is 17.8 Å². The van der Waals surface area contributed by atoms with Crippen LogP contribution >= 0.6 is 0 Å². The molecule has 1 amide bonds. The summed E-state index contributed by atoms with van der Waals surface area (Å²) in [6.07, 6.45) is -3.15. The summed E-state index contributed by atoms with van der Waals surface area (Å²) >= 11 is 0. The van der Waals surface area contributed by atoms with Gasteiger partial charge in [-0.15, -0.1) is 0 Å². The first-order chi connectivity index (χ1) is 8.95. The van der Waals surface area contributed by atoms with Crippen molar-refractivity contribution in [3.05, 3.63) is 29.7 Å². The third kappa shape index (κ3) is 2.05. The van der Waals surface area contributed by atoms with Gasteiger partial charge in [-0.3, -0.25) is 4.79 Å². The smallest absolute Gasteiger partial charge is 0.443 e. The fourth-order valence-electron chi connectivity index (χ4n) is 2.26. The molecule has 1 aromatic carbocycles. The number of oxazole rings is 1. The summed E-state index contributed by atoms with van der Waals surface area (Å²) in [4.78, 5) is 16.0. The van der Waals surface area contributed by atoms with Crippen LogP contribution in [0.2, 0.25) is 0 Å². The fourth-order valence-corrected chi connectivity index (χ4v) is 2.26. The van der Waals surface area contributed by atoms with Gasteiger partial charge in [-0.1, -0.05) is 0 Å². The lowest BCUT2D eigenvalue weighted by Gasteiger charge is -2.29. The van der Waals surface area contributed by atoms with Gasteiger partial charge in [0.2, 0.25) is 0 Å². The summed E-state index contributed by atoms with van der Waals surface area (Å²) in [5, 5.41) is 0. The van der Waals surface area contributed by atoms with Crippen molar-refractivity contribution in [2.75, 3.05) is 6.54 Å². The van der Waals surface area contributed by atoms with E-state index in [1.807, 2.05) is 0 Å². The number of fused-ring (bicyclic) bond motifs is 2. The van der Waals surface area contributed by atoms with Crippen LogP contribution in [0, 0.1) is 0 Å². The number of aromatic nitrogens is 1. The van der Waals surface area contributed by atoms with E-state index in [-0.39, 0.29) is 13.1 Å². The van der Waals surface area contributed by atoms with Gasteiger partial charge in [0.25, 0.3) is 0 Å². The number of alkyl halides is 3. The summed E-state index contributed by atoms with van der Waals surface area (Å²) in [6.45, 7) is 0.0129. The lowest BCUT2D eigenvalue weighted by atomic mass is 9.99. The van der Waals surface area contributed by atoms with Crippen LogP contribution in [0.1, 0.15) is 11.1 Å². The van der Waals surface area contributed by atoms with Crippen molar-refractivity contribution in [1.29, 1.82) is 0 Å². The van der Waals surface area contributed by atoms with Crippen LogP contribution in [0.15, 0.2) is 22.9 Å². The number of carbonyl (C=O) groups is 1. The van der Waals surface area contributed by atoms with Crippen LogP contribution in [0.4, 0.5) is 13.2 Å². The molecule has 0 saturated heterocycles. The Bertz CT molecular complexity index is 648. The highest BCUT2D eigenvalue weighted by Gasteiger charge is 2.43. The standard InChI is InChI=1S/C12H9F3N2O2/c13-12(14,15)11(18)17-2-1-7-3-9-10(19-6-16-9)4-8(7)5-17/h3-4,6H,1-2,5H2. The van der Waals surface area contributed by atoms with E-state index < -0.39 is 12.1 Å². The number of carbonyl (C=O) groups excluding carboxylic acids is 1. The summed E-state index contributed by atoms with van der Waals surface area (Å²) in [5.74, 6) is -1.80. The van der Waals surface area contributed by atoms with Crippen molar-refractivity contribution < 1.29 is 22.4 Å². The molecule has 0 saturated carbocycles. The Kier molecular flexibility index (Phi) is 2.51. The molecule has 0 spiro atoms. The molecule has 2 heterocycles. The summed E-state index contributed by atoms with van der Waals surface area (Å²) in [6, 6.07) is 3.44. The first-order valence-corrected chi connectivity index (χ1v) is 5.66. The Balaban J connectivity index is 1.93. The van der Waals surface area contributed by atoms with Crippen molar-refractivity contribution in [3.63, 3.8) is 0 Å². The number of rotatable bonds is 0. The first kappa shape index (κ1) is 12.0. The summed E-state index contributed by atoms with van der Waals surface area (Å²) < 4.78 is 42.3. The normalized spacial score (nSPS) is 15.6. The molecule has 19 heavy (non-hydrogen) atoms. The molecule has 1 aliphatic rings. The maximum absolute atomic E-state index is 12.4. The SMILES string of the molecule is O=C(N1CCc2cc3ncoc3cc2C1)C(F)(F)F. The lowest BCUT2D eigenvalue weighted by molar-refractivity contribution is -0.186. The van der Waals surface area contributed by atoms with Gasteiger partial charge in [0, 0.05) is 13.1 Å². The maximum atomic E-state index is 12.4. The zero-order valence-electron chi connectivity index (χ0n) is 9.70. The van der Waals surface area contributed by atoms with E-state index in [1.165, 1.54) is 6.39 Å². The molecular formula is C12H9F3N2O2. The first-order valence-electron chi connectivity index (χ1n) is 5.66. The quantitative estimate of drug-likeness (QED) is 0.737. The molecule has 0 radical (unpaired) electrons. The Labute approximate surface area is 105 Å². The van der Waals surface area contributed by atoms with Gasteiger partial charge >= 0.3 is 12.1 Å². The Morgan fingerprint density at radius 1 is 1.32 bits per heavy atom. The highest BCUT2D eigenvalue weighted by Crippen LogP contribution is 2.27. The predicted octanol–water partition coefficient (Wildman–Crippen LogP) is 2.27. The van der Waals surface area contributed by atoms with E-state index in [2.05, 4.69) is 4.98 Å². The highest BCUT2D eigenvalue weighted by molar-refractivity contribution is 5.82. The minimum atomic E-state index is -4.83. The molecule has 4 nitrogen and oxygen atoms in total. The van der Waals surface area contributed by atoms with Gasteiger partial charge < -0.3 is 9.32 Å². The van der Waals surface area contributed by atoms with Gasteiger partial charge in [-0.25, -0.2) is 4.98 Å². The van der Waals surface area contributed by atoms with E-state index >= 15 is 0 Å². The Hall–Kier alpha value is -2.05. The Morgan fingerprint density at radius 2 is 2.11 bits per heavy atom. The van der Waals surface area contributed by atoms with Crippen LogP contribution in [0.3, 0.4) is 0 Å². The van der Waals surface area contributed by atoms with E-state index in [9.17, 15) is 18.0 Å². The van der Waals surface area contributed by atoms with Gasteiger partial charge in [-0.05, 0) is 29.7 Å². The largest absolute Gasteiger partial charge is 0.471 e. The average Bonchev–Trinajstić information content (AvgIpc) is 2.80. The molecule has 1 aromatic heterocycles. The van der Waals surface area contributed by atoms with Crippen LogP contribution < -0.4 is 0 Å². The second-order valence-corrected chi connectivity index (χ2v) is 4.42. The van der Waals surface area contributed by atoms with Gasteiger partial charge in [-0.2, -0.15) is 13.2 Å². The number of nitrogens with zero attached hydrogens (tertiary/aromatic N) is 2. The number of benzene rings is 1. The molecule has 1 aliphatic heterocycles. The van der Waals surface area contributed by atoms with Gasteiger partial charge in [0.15, 0.2) is 12.0 Å². The lowest BCUT2D eigenvalue weighted by Crippen LogP contribution is -2.43. The zero-order valence-corrected chi connectivity index (χ0v) is 9.70. The summed E-state index contributed by atoms with van der Waals surface area (Å²) in [7, 11) is 0. The topological polar surface area (TPSA) is 46.3 Å². The monoisotopic (exact) mass is 270 g/mol. The van der Waals surface area contributed by atoms with Crippen molar-refractivity contribution in [2.24, 2.45) is 0 Å². The van der Waals surface area contributed by atoms with Crippen LogP contribution in [0.5, 0.6) is 0 Å². The molecule has 2 aromatic rings. The predicted molar refractivity (Wildman–Crippen MR) is 59.2 cm³/mol. The average molecular weight is 270 g/mol. The molecule has 0 bridgehead atoms. The highest BCUT2D eigenvalue weighted by atomic mass is 19.4. The number of hydrogen-bond donors (Lipinski definition) is 0. The molecule has 0 aliphatic carbocycles. The molecule has 7 heteroatoms. The third-order valence-corrected chi connectivity index (χ3v) is 3.19. The van der Waals surface area contributed by atoms with E-state index in [0.717, 1.165) is 10.5 Å². The molecular weight excluding hydrogens is 261 g/mol. The number of hydrogen-bond acceptors (Lipinski definition) is 3. The third-order valence-electron chi connectivity index (χ3n) is 3.19. The number of halogens is 3. The molecule has 0 fully saturated rings. The number of amides is 1. The van der Waals surface area contributed by atoms with Crippen LogP contribution in [0.25, 0.3) is 11.1 Å². The minimum Gasteiger partial charge on any atom is -0.443 e. The van der Waals surface area contributed by atoms with Gasteiger partial charge in [0.1, 0.15) is 5.52 Å². The second-order valence-electron chi connectivity index (χ2n) is 4.42. The minimum absolute atomic E-state index is 0.0513. The van der Waals surface area contributed by atoms with Crippen molar-refractivity contribution >= 4 is 17.0 Å². The molecule has 0 unspecified atom stereocenters. The fraction of sp³-hybridized carbons (Fsp3) is 0.333. The van der Waals surface area contributed by atoms with E-state index in [1.54, 1.807) is 12.1 Å². The molecule has 100 valence electrons. The molecule has 0 N–H and O–H groups in total. The second kappa shape index (κ2) is 3.97.